The fourth-order valence-electron chi connectivity index (χ4n) is 4.57. The van der Waals surface area contributed by atoms with Crippen LogP contribution in [0.5, 0.6) is 0 Å². The Morgan fingerprint density at radius 1 is 0.844 bits per heavy atom. The van der Waals surface area contributed by atoms with Gasteiger partial charge in [0.2, 0.25) is 11.8 Å². The summed E-state index contributed by atoms with van der Waals surface area (Å²) in [7, 11) is 0. The molecule has 3 N–H and O–H groups in total. The Balaban J connectivity index is 2.07. The minimum absolute atomic E-state index is 0.304. The van der Waals surface area contributed by atoms with Crippen molar-refractivity contribution in [2.45, 2.75) is 17.9 Å². The van der Waals surface area contributed by atoms with E-state index in [4.69, 9.17) is 5.73 Å². The first-order valence-electron chi connectivity index (χ1n) is 9.80. The van der Waals surface area contributed by atoms with Crippen molar-refractivity contribution in [2.24, 2.45) is 11.7 Å². The molecular formula is C24H18F4N2O2. The van der Waals surface area contributed by atoms with Gasteiger partial charge in [0.15, 0.2) is 0 Å². The molecule has 2 unspecified atom stereocenters. The molecule has 0 aliphatic carbocycles. The minimum atomic E-state index is -1.62. The topological polar surface area (TPSA) is 72.2 Å². The zero-order valence-electron chi connectivity index (χ0n) is 16.6. The van der Waals surface area contributed by atoms with Gasteiger partial charge in [-0.05, 0) is 47.5 Å². The van der Waals surface area contributed by atoms with E-state index in [0.717, 1.165) is 36.4 Å². The lowest BCUT2D eigenvalue weighted by Gasteiger charge is -2.38. The van der Waals surface area contributed by atoms with Crippen LogP contribution in [0.15, 0.2) is 66.7 Å². The number of amides is 2. The fraction of sp³-hybridized carbons (Fsp3) is 0.167. The molecule has 0 bridgehead atoms. The van der Waals surface area contributed by atoms with Gasteiger partial charge in [-0.3, -0.25) is 9.59 Å². The van der Waals surface area contributed by atoms with Crippen LogP contribution in [0.3, 0.4) is 0 Å². The van der Waals surface area contributed by atoms with E-state index in [1.165, 1.54) is 30.3 Å². The van der Waals surface area contributed by atoms with Gasteiger partial charge < -0.3 is 11.1 Å². The predicted octanol–water partition coefficient (Wildman–Crippen LogP) is 3.89. The van der Waals surface area contributed by atoms with Crippen molar-refractivity contribution in [3.05, 3.63) is 107 Å². The van der Waals surface area contributed by atoms with Crippen LogP contribution < -0.4 is 11.1 Å². The maximum absolute atomic E-state index is 15.0. The number of halogens is 4. The summed E-state index contributed by atoms with van der Waals surface area (Å²) in [5.41, 5.74) is 3.91. The van der Waals surface area contributed by atoms with E-state index >= 15 is 8.78 Å². The first kappa shape index (κ1) is 21.5. The Labute approximate surface area is 181 Å². The molecule has 3 aromatic carbocycles. The molecule has 1 aliphatic rings. The maximum Gasteiger partial charge on any atom is 0.225 e. The molecule has 3 aromatic rings. The van der Waals surface area contributed by atoms with Gasteiger partial charge in [-0.1, -0.05) is 30.3 Å². The molecule has 1 heterocycles. The summed E-state index contributed by atoms with van der Waals surface area (Å²) < 4.78 is 57.5. The second kappa shape index (κ2) is 8.11. The summed E-state index contributed by atoms with van der Waals surface area (Å²) in [4.78, 5) is 24.9. The summed E-state index contributed by atoms with van der Waals surface area (Å²) >= 11 is 0. The zero-order chi connectivity index (χ0) is 23.0. The van der Waals surface area contributed by atoms with Crippen LogP contribution >= 0.6 is 0 Å². The van der Waals surface area contributed by atoms with E-state index in [-0.39, 0.29) is 0 Å². The van der Waals surface area contributed by atoms with Crippen LogP contribution in [0.2, 0.25) is 0 Å². The highest BCUT2D eigenvalue weighted by atomic mass is 19.1. The number of hydrogen-bond acceptors (Lipinski definition) is 2. The maximum atomic E-state index is 15.0. The third-order valence-electron chi connectivity index (χ3n) is 5.86. The highest BCUT2D eigenvalue weighted by molar-refractivity contribution is 5.90. The van der Waals surface area contributed by atoms with Crippen molar-refractivity contribution >= 4 is 11.8 Å². The highest BCUT2D eigenvalue weighted by Crippen LogP contribution is 2.52. The van der Waals surface area contributed by atoms with E-state index < -0.39 is 64.4 Å². The quantitative estimate of drug-likeness (QED) is 0.589. The predicted molar refractivity (Wildman–Crippen MR) is 108 cm³/mol. The molecule has 1 aliphatic heterocycles. The summed E-state index contributed by atoms with van der Waals surface area (Å²) in [6.07, 6.45) is -0.478. The molecule has 2 atom stereocenters. The smallest absolute Gasteiger partial charge is 0.225 e. The normalized spacial score (nSPS) is 19.6. The molecule has 0 saturated carbocycles. The zero-order valence-corrected chi connectivity index (χ0v) is 16.6. The standard InChI is InChI=1S/C24H18F4N2O2/c25-15-8-4-13(5-9-15)24(14-6-10-16(26)11-7-14)22(17(12-20(29)31)23(32)30-24)21-18(27)2-1-3-19(21)28/h1-11,17,22H,12H2,(H2,29,31)(H,30,32). The van der Waals surface area contributed by atoms with Gasteiger partial charge in [0.05, 0.1) is 11.5 Å². The number of nitrogens with two attached hydrogens (primary N) is 1. The van der Waals surface area contributed by atoms with E-state index in [9.17, 15) is 18.4 Å². The van der Waals surface area contributed by atoms with Gasteiger partial charge in [0.25, 0.3) is 0 Å². The Hall–Kier alpha value is -3.68. The number of hydrogen-bond donors (Lipinski definition) is 2. The average molecular weight is 442 g/mol. The lowest BCUT2D eigenvalue weighted by atomic mass is 9.67. The van der Waals surface area contributed by atoms with Crippen molar-refractivity contribution in [1.82, 2.24) is 5.32 Å². The molecular weight excluding hydrogens is 424 g/mol. The molecule has 4 rings (SSSR count). The molecule has 0 spiro atoms. The average Bonchev–Trinajstić information content (AvgIpc) is 3.01. The van der Waals surface area contributed by atoms with Gasteiger partial charge in [-0.2, -0.15) is 0 Å². The molecule has 0 radical (unpaired) electrons. The fourth-order valence-corrected chi connectivity index (χ4v) is 4.57. The minimum Gasteiger partial charge on any atom is -0.370 e. The van der Waals surface area contributed by atoms with Crippen molar-refractivity contribution in [2.75, 3.05) is 0 Å². The lowest BCUT2D eigenvalue weighted by molar-refractivity contribution is -0.127. The number of primary amides is 1. The van der Waals surface area contributed by atoms with Crippen LogP contribution in [-0.4, -0.2) is 11.8 Å². The van der Waals surface area contributed by atoms with Gasteiger partial charge in [0.1, 0.15) is 23.3 Å². The Kier molecular flexibility index (Phi) is 5.46. The molecule has 0 aromatic heterocycles. The van der Waals surface area contributed by atoms with E-state index in [1.807, 2.05) is 0 Å². The molecule has 4 nitrogen and oxygen atoms in total. The Morgan fingerprint density at radius 2 is 1.31 bits per heavy atom. The molecule has 32 heavy (non-hydrogen) atoms. The Morgan fingerprint density at radius 3 is 1.75 bits per heavy atom. The molecule has 1 saturated heterocycles. The molecule has 1 fully saturated rings. The third-order valence-corrected chi connectivity index (χ3v) is 5.86. The SMILES string of the molecule is NC(=O)CC1C(=O)NC(c2ccc(F)cc2)(c2ccc(F)cc2)C1c1c(F)cccc1F. The van der Waals surface area contributed by atoms with Crippen LogP contribution in [0.25, 0.3) is 0 Å². The van der Waals surface area contributed by atoms with E-state index in [1.54, 1.807) is 0 Å². The van der Waals surface area contributed by atoms with Crippen molar-refractivity contribution < 1.29 is 27.2 Å². The number of rotatable bonds is 5. The molecule has 2 amide bonds. The van der Waals surface area contributed by atoms with Gasteiger partial charge in [-0.25, -0.2) is 17.6 Å². The summed E-state index contributed by atoms with van der Waals surface area (Å²) in [6, 6.07) is 13.3. The van der Waals surface area contributed by atoms with Gasteiger partial charge >= 0.3 is 0 Å². The van der Waals surface area contributed by atoms with Crippen molar-refractivity contribution in [3.8, 4) is 0 Å². The lowest BCUT2D eigenvalue weighted by Crippen LogP contribution is -2.44. The van der Waals surface area contributed by atoms with Crippen LogP contribution in [0.1, 0.15) is 29.0 Å². The number of nitrogens with one attached hydrogen (secondary N) is 1. The monoisotopic (exact) mass is 442 g/mol. The van der Waals surface area contributed by atoms with Crippen molar-refractivity contribution in [3.63, 3.8) is 0 Å². The van der Waals surface area contributed by atoms with Gasteiger partial charge in [-0.15, -0.1) is 0 Å². The summed E-state index contributed by atoms with van der Waals surface area (Å²) in [5, 5.41) is 2.77. The van der Waals surface area contributed by atoms with Crippen molar-refractivity contribution in [1.29, 1.82) is 0 Å². The van der Waals surface area contributed by atoms with Gasteiger partial charge in [0, 0.05) is 17.9 Å². The molecule has 164 valence electrons. The third kappa shape index (κ3) is 3.51. The molecule has 8 heteroatoms. The number of carbonyl (C=O) groups is 2. The highest BCUT2D eigenvalue weighted by Gasteiger charge is 2.57. The summed E-state index contributed by atoms with van der Waals surface area (Å²) in [5.74, 6) is -6.96. The first-order valence-corrected chi connectivity index (χ1v) is 9.80. The van der Waals surface area contributed by atoms with Crippen LogP contribution in [-0.2, 0) is 15.1 Å². The number of carbonyl (C=O) groups excluding carboxylic acids is 2. The Bertz CT molecular complexity index is 1110. The van der Waals surface area contributed by atoms with E-state index in [0.29, 0.717) is 11.1 Å². The second-order valence-corrected chi connectivity index (χ2v) is 7.70. The van der Waals surface area contributed by atoms with Crippen LogP contribution in [0.4, 0.5) is 17.6 Å². The summed E-state index contributed by atoms with van der Waals surface area (Å²) in [6.45, 7) is 0. The van der Waals surface area contributed by atoms with E-state index in [2.05, 4.69) is 5.32 Å². The second-order valence-electron chi connectivity index (χ2n) is 7.70. The first-order chi connectivity index (χ1) is 15.2. The van der Waals surface area contributed by atoms with Crippen LogP contribution in [0, 0.1) is 29.2 Å². The number of benzene rings is 3. The largest absolute Gasteiger partial charge is 0.370 e.